The van der Waals surface area contributed by atoms with E-state index in [9.17, 15) is 13.2 Å². The number of nitrogen functional groups attached to an aromatic ring is 1. The minimum Gasteiger partial charge on any atom is -0.393 e. The highest BCUT2D eigenvalue weighted by molar-refractivity contribution is 6.34. The lowest BCUT2D eigenvalue weighted by Gasteiger charge is -2.12. The number of aromatic nitrogens is 1. The van der Waals surface area contributed by atoms with Gasteiger partial charge in [-0.05, 0) is 0 Å². The molecule has 1 aromatic rings. The van der Waals surface area contributed by atoms with Gasteiger partial charge < -0.3 is 16.2 Å². The van der Waals surface area contributed by atoms with Crippen LogP contribution in [0.5, 0.6) is 5.88 Å². The van der Waals surface area contributed by atoms with Crippen LogP contribution in [0.1, 0.15) is 5.56 Å². The monoisotopic (exact) mass is 241 g/mol. The van der Waals surface area contributed by atoms with Gasteiger partial charge in [0.1, 0.15) is 5.69 Å². The van der Waals surface area contributed by atoms with E-state index < -0.39 is 12.2 Å². The number of hydrogen-bond acceptors (Lipinski definition) is 4. The number of halogens is 4. The lowest BCUT2D eigenvalue weighted by molar-refractivity contribution is -0.275. The first-order valence-electron chi connectivity index (χ1n) is 3.74. The van der Waals surface area contributed by atoms with Crippen molar-refractivity contribution in [3.05, 3.63) is 16.8 Å². The fraction of sp³-hybridized carbons (Fsp3) is 0.286. The van der Waals surface area contributed by atoms with Crippen molar-refractivity contribution in [2.75, 3.05) is 5.73 Å². The molecule has 1 aromatic heterocycles. The Kier molecular flexibility index (Phi) is 3.25. The molecule has 0 aliphatic carbocycles. The maximum Gasteiger partial charge on any atom is 0.574 e. The van der Waals surface area contributed by atoms with E-state index in [2.05, 4.69) is 9.72 Å². The molecule has 0 amide bonds. The van der Waals surface area contributed by atoms with Crippen LogP contribution in [0, 0.1) is 0 Å². The molecule has 1 heterocycles. The molecule has 0 atom stereocenters. The van der Waals surface area contributed by atoms with Gasteiger partial charge >= 0.3 is 6.36 Å². The quantitative estimate of drug-likeness (QED) is 0.826. The third-order valence-corrected chi connectivity index (χ3v) is 1.97. The van der Waals surface area contributed by atoms with Crippen LogP contribution in [-0.2, 0) is 6.54 Å². The molecular weight excluding hydrogens is 235 g/mol. The van der Waals surface area contributed by atoms with Crippen LogP contribution < -0.4 is 16.2 Å². The molecule has 0 fully saturated rings. The summed E-state index contributed by atoms with van der Waals surface area (Å²) in [5, 5.41) is -0.0771. The summed E-state index contributed by atoms with van der Waals surface area (Å²) in [4.78, 5) is 3.36. The number of nitrogens with zero attached hydrogens (tertiary/aromatic N) is 1. The largest absolute Gasteiger partial charge is 0.574 e. The molecule has 84 valence electrons. The van der Waals surface area contributed by atoms with Crippen molar-refractivity contribution >= 4 is 17.3 Å². The van der Waals surface area contributed by atoms with E-state index in [1.165, 1.54) is 0 Å². The molecule has 0 saturated carbocycles. The standard InChI is InChI=1S/C7H7ClF3N3O/c8-4-3(1-12)2-14-6(5(4)13)15-7(9,10)11/h2H,1,12-13H2. The molecule has 0 aliphatic rings. The van der Waals surface area contributed by atoms with Gasteiger partial charge in [-0.15, -0.1) is 13.2 Å². The fourth-order valence-corrected chi connectivity index (χ4v) is 1.07. The third-order valence-electron chi connectivity index (χ3n) is 1.52. The van der Waals surface area contributed by atoms with Gasteiger partial charge in [0.25, 0.3) is 0 Å². The molecule has 15 heavy (non-hydrogen) atoms. The lowest BCUT2D eigenvalue weighted by Crippen LogP contribution is -2.19. The number of hydrogen-bond donors (Lipinski definition) is 2. The van der Waals surface area contributed by atoms with Crippen molar-refractivity contribution in [1.29, 1.82) is 0 Å². The summed E-state index contributed by atoms with van der Waals surface area (Å²) in [7, 11) is 0. The summed E-state index contributed by atoms with van der Waals surface area (Å²) in [6.45, 7) is 0.0301. The third kappa shape index (κ3) is 2.87. The summed E-state index contributed by atoms with van der Waals surface area (Å²) < 4.78 is 39.1. The zero-order valence-corrected chi connectivity index (χ0v) is 8.06. The van der Waals surface area contributed by atoms with Gasteiger partial charge in [0.05, 0.1) is 5.02 Å². The number of nitrogens with two attached hydrogens (primary N) is 2. The summed E-state index contributed by atoms with van der Waals surface area (Å²) in [6.07, 6.45) is -3.77. The Hall–Kier alpha value is -1.21. The summed E-state index contributed by atoms with van der Waals surface area (Å²) in [6, 6.07) is 0. The van der Waals surface area contributed by atoms with E-state index in [0.717, 1.165) is 6.20 Å². The van der Waals surface area contributed by atoms with Gasteiger partial charge in [0, 0.05) is 18.3 Å². The second-order valence-electron chi connectivity index (χ2n) is 2.57. The maximum atomic E-state index is 11.8. The van der Waals surface area contributed by atoms with E-state index in [-0.39, 0.29) is 17.3 Å². The normalized spacial score (nSPS) is 11.5. The summed E-state index contributed by atoms with van der Waals surface area (Å²) in [5.74, 6) is -0.773. The van der Waals surface area contributed by atoms with Crippen LogP contribution >= 0.6 is 11.6 Å². The summed E-state index contributed by atoms with van der Waals surface area (Å²) >= 11 is 5.64. The van der Waals surface area contributed by atoms with Crippen molar-refractivity contribution in [2.24, 2.45) is 5.73 Å². The number of pyridine rings is 1. The van der Waals surface area contributed by atoms with Gasteiger partial charge in [0.15, 0.2) is 0 Å². The van der Waals surface area contributed by atoms with Gasteiger partial charge in [-0.3, -0.25) is 0 Å². The van der Waals surface area contributed by atoms with Crippen LogP contribution in [0.3, 0.4) is 0 Å². The lowest BCUT2D eigenvalue weighted by atomic mass is 10.2. The first-order valence-corrected chi connectivity index (χ1v) is 4.11. The van der Waals surface area contributed by atoms with Gasteiger partial charge in [-0.2, -0.15) is 0 Å². The number of alkyl halides is 3. The first kappa shape index (κ1) is 11.9. The van der Waals surface area contributed by atoms with Crippen LogP contribution in [0.4, 0.5) is 18.9 Å². The molecule has 0 unspecified atom stereocenters. The highest BCUT2D eigenvalue weighted by Gasteiger charge is 2.33. The molecular formula is C7H7ClF3N3O. The minimum atomic E-state index is -4.85. The average Bonchev–Trinajstić information content (AvgIpc) is 2.11. The van der Waals surface area contributed by atoms with E-state index in [0.29, 0.717) is 5.56 Å². The maximum absolute atomic E-state index is 11.8. The Labute approximate surface area is 88.0 Å². The Balaban J connectivity index is 3.07. The molecule has 0 aromatic carbocycles. The molecule has 0 spiro atoms. The predicted molar refractivity (Wildman–Crippen MR) is 48.2 cm³/mol. The number of anilines is 1. The van der Waals surface area contributed by atoms with E-state index in [1.54, 1.807) is 0 Å². The molecule has 1 rings (SSSR count). The smallest absolute Gasteiger partial charge is 0.393 e. The molecule has 8 heteroatoms. The second-order valence-corrected chi connectivity index (χ2v) is 2.95. The van der Waals surface area contributed by atoms with Crippen molar-refractivity contribution < 1.29 is 17.9 Å². The minimum absolute atomic E-state index is 0.0301. The van der Waals surface area contributed by atoms with Gasteiger partial charge in [-0.25, -0.2) is 4.98 Å². The average molecular weight is 242 g/mol. The van der Waals surface area contributed by atoms with Crippen molar-refractivity contribution in [3.63, 3.8) is 0 Å². The molecule has 4 nitrogen and oxygen atoms in total. The number of rotatable bonds is 2. The zero-order valence-electron chi connectivity index (χ0n) is 7.31. The van der Waals surface area contributed by atoms with Crippen molar-refractivity contribution in [1.82, 2.24) is 4.98 Å². The molecule has 0 bridgehead atoms. The van der Waals surface area contributed by atoms with Gasteiger partial charge in [0.2, 0.25) is 5.88 Å². The number of ether oxygens (including phenoxy) is 1. The highest BCUT2D eigenvalue weighted by Crippen LogP contribution is 2.33. The molecule has 4 N–H and O–H groups in total. The van der Waals surface area contributed by atoms with Crippen molar-refractivity contribution in [2.45, 2.75) is 12.9 Å². The van der Waals surface area contributed by atoms with Crippen LogP contribution in [-0.4, -0.2) is 11.3 Å². The molecule has 0 saturated heterocycles. The van der Waals surface area contributed by atoms with Gasteiger partial charge in [-0.1, -0.05) is 11.6 Å². The second kappa shape index (κ2) is 4.11. The fourth-order valence-electron chi connectivity index (χ4n) is 0.863. The van der Waals surface area contributed by atoms with Crippen molar-refractivity contribution in [3.8, 4) is 5.88 Å². The van der Waals surface area contributed by atoms with Crippen LogP contribution in [0.15, 0.2) is 6.20 Å². The van der Waals surface area contributed by atoms with E-state index in [4.69, 9.17) is 23.1 Å². The summed E-state index contributed by atoms with van der Waals surface area (Å²) in [5.41, 5.74) is 10.5. The van der Waals surface area contributed by atoms with Crippen LogP contribution in [0.25, 0.3) is 0 Å². The Morgan fingerprint density at radius 1 is 1.47 bits per heavy atom. The Morgan fingerprint density at radius 3 is 2.53 bits per heavy atom. The Bertz CT molecular complexity index is 369. The predicted octanol–water partition coefficient (Wildman–Crippen LogP) is 1.67. The Morgan fingerprint density at radius 2 is 2.07 bits per heavy atom. The molecule has 0 aliphatic heterocycles. The SMILES string of the molecule is NCc1cnc(OC(F)(F)F)c(N)c1Cl. The first-order chi connectivity index (χ1) is 6.85. The topological polar surface area (TPSA) is 74.2 Å². The van der Waals surface area contributed by atoms with E-state index in [1.807, 2.05) is 0 Å². The van der Waals surface area contributed by atoms with Crippen LogP contribution in [0.2, 0.25) is 5.02 Å². The molecule has 0 radical (unpaired) electrons. The van der Waals surface area contributed by atoms with E-state index >= 15 is 0 Å². The highest BCUT2D eigenvalue weighted by atomic mass is 35.5. The zero-order chi connectivity index (χ0) is 11.6.